The average Bonchev–Trinajstić information content (AvgIpc) is 2.92. The zero-order chi connectivity index (χ0) is 30.0. The van der Waals surface area contributed by atoms with Crippen molar-refractivity contribution in [2.75, 3.05) is 21.2 Å². The van der Waals surface area contributed by atoms with Gasteiger partial charge in [0.1, 0.15) is 17.4 Å². The summed E-state index contributed by atoms with van der Waals surface area (Å²) in [7, 11) is 4.82. The number of carbonyl (C=O) groups is 3. The van der Waals surface area contributed by atoms with Gasteiger partial charge in [0.05, 0.1) is 42.1 Å². The highest BCUT2D eigenvalue weighted by Crippen LogP contribution is 2.54. The second kappa shape index (κ2) is 10.5. The van der Waals surface area contributed by atoms with E-state index in [1.807, 2.05) is 19.0 Å². The van der Waals surface area contributed by atoms with Crippen LogP contribution in [0.1, 0.15) is 88.1 Å². The molecule has 0 bridgehead atoms. The lowest BCUT2D eigenvalue weighted by Gasteiger charge is -2.46. The minimum absolute atomic E-state index is 0.0382. The van der Waals surface area contributed by atoms with Crippen molar-refractivity contribution < 1.29 is 49.0 Å². The predicted molar refractivity (Wildman–Crippen MR) is 144 cm³/mol. The van der Waals surface area contributed by atoms with Gasteiger partial charge in [-0.05, 0) is 45.1 Å². The Morgan fingerprint density at radius 2 is 1.85 bits per heavy atom. The number of likely N-dealkylation sites (N-methyl/N-ethyl adjacent to an activating group) is 1. The second-order valence-corrected chi connectivity index (χ2v) is 11.3. The Kier molecular flexibility index (Phi) is 7.46. The highest BCUT2D eigenvalue weighted by molar-refractivity contribution is 6.30. The van der Waals surface area contributed by atoms with Crippen LogP contribution in [0.15, 0.2) is 24.3 Å². The van der Waals surface area contributed by atoms with Gasteiger partial charge in [-0.1, -0.05) is 19.1 Å². The number of benzene rings is 2. The molecule has 1 aliphatic heterocycles. The summed E-state index contributed by atoms with van der Waals surface area (Å²) >= 11 is 0. The van der Waals surface area contributed by atoms with E-state index < -0.39 is 65.2 Å². The van der Waals surface area contributed by atoms with Crippen molar-refractivity contribution in [3.8, 4) is 11.5 Å². The third kappa shape index (κ3) is 4.52. The molecule has 11 heteroatoms. The number of carbonyl (C=O) groups excluding carboxylic acids is 3. The van der Waals surface area contributed by atoms with Crippen molar-refractivity contribution >= 4 is 17.5 Å². The number of methoxy groups -OCH3 is 1. The van der Waals surface area contributed by atoms with Crippen LogP contribution in [-0.4, -0.2) is 94.2 Å². The maximum Gasteiger partial charge on any atom is 0.316 e. The van der Waals surface area contributed by atoms with Crippen LogP contribution >= 0.6 is 0 Å². The van der Waals surface area contributed by atoms with Gasteiger partial charge in [0.15, 0.2) is 12.1 Å². The van der Waals surface area contributed by atoms with Gasteiger partial charge in [0, 0.05) is 35.6 Å². The van der Waals surface area contributed by atoms with Crippen LogP contribution in [0.5, 0.6) is 11.5 Å². The average molecular weight is 570 g/mol. The molecule has 220 valence electrons. The van der Waals surface area contributed by atoms with Crippen molar-refractivity contribution in [1.82, 2.24) is 4.90 Å². The minimum atomic E-state index is -1.69. The van der Waals surface area contributed by atoms with Crippen LogP contribution < -0.4 is 0 Å². The molecular weight excluding hydrogens is 534 g/mol. The summed E-state index contributed by atoms with van der Waals surface area (Å²) < 4.78 is 17.3. The Labute approximate surface area is 237 Å². The predicted octanol–water partition coefficient (Wildman–Crippen LogP) is 2.16. The van der Waals surface area contributed by atoms with Gasteiger partial charge in [0.25, 0.3) is 0 Å². The summed E-state index contributed by atoms with van der Waals surface area (Å²) in [4.78, 5) is 42.1. The van der Waals surface area contributed by atoms with Gasteiger partial charge in [-0.2, -0.15) is 0 Å². The molecule has 0 aromatic heterocycles. The van der Waals surface area contributed by atoms with Crippen molar-refractivity contribution in [2.24, 2.45) is 0 Å². The first-order valence-electron chi connectivity index (χ1n) is 13.6. The van der Waals surface area contributed by atoms with Gasteiger partial charge in [-0.15, -0.1) is 0 Å². The summed E-state index contributed by atoms with van der Waals surface area (Å²) in [6.07, 6.45) is -3.09. The standard InChI is InChI=1S/C30H35NO10/c1-6-30(38)12-19(41-20-11-17(31(3)4)25(33)13(2)40-20)22-15(24(30)29(37)39-5)10-16-23(28(22)36)27(35)21-14(26(16)34)8-7-9-18(21)32/h7-10,13,17,19-20,24-25,32-33,36,38H,6,11-12H2,1-5H3/t13?,17?,19?,20?,24?,25?,30-/m1/s1. The number of aromatic hydroxyl groups is 2. The molecule has 2 aromatic rings. The molecule has 2 aromatic carbocycles. The summed E-state index contributed by atoms with van der Waals surface area (Å²) in [6.45, 7) is 3.41. The summed E-state index contributed by atoms with van der Waals surface area (Å²) in [5.41, 5.74) is -2.27. The van der Waals surface area contributed by atoms with E-state index in [0.29, 0.717) is 0 Å². The van der Waals surface area contributed by atoms with Crippen molar-refractivity contribution in [3.05, 3.63) is 57.6 Å². The largest absolute Gasteiger partial charge is 0.507 e. The van der Waals surface area contributed by atoms with Crippen molar-refractivity contribution in [2.45, 2.75) is 75.3 Å². The molecule has 11 nitrogen and oxygen atoms in total. The number of hydrogen-bond acceptors (Lipinski definition) is 11. The van der Waals surface area contributed by atoms with E-state index in [1.165, 1.54) is 31.4 Å². The van der Waals surface area contributed by atoms with Crippen molar-refractivity contribution in [1.29, 1.82) is 0 Å². The normalized spacial score (nSPS) is 30.9. The number of rotatable bonds is 5. The fraction of sp³-hybridized carbons (Fsp3) is 0.500. The Hall–Kier alpha value is -3.35. The number of phenols is 2. The van der Waals surface area contributed by atoms with Crippen molar-refractivity contribution in [3.63, 3.8) is 0 Å². The number of fused-ring (bicyclic) bond motifs is 3. The maximum atomic E-state index is 13.6. The molecule has 0 saturated carbocycles. The highest BCUT2D eigenvalue weighted by Gasteiger charge is 2.53. The summed E-state index contributed by atoms with van der Waals surface area (Å²) in [6, 6.07) is 5.14. The highest BCUT2D eigenvalue weighted by atomic mass is 16.7. The molecule has 41 heavy (non-hydrogen) atoms. The van der Waals surface area contributed by atoms with E-state index in [4.69, 9.17) is 14.2 Å². The van der Waals surface area contributed by atoms with Crippen LogP contribution in [0, 0.1) is 0 Å². The number of ketones is 2. The quantitative estimate of drug-likeness (QED) is 0.333. The molecule has 1 heterocycles. The smallest absolute Gasteiger partial charge is 0.316 e. The molecule has 1 fully saturated rings. The SMILES string of the molecule is CC[C@@]1(O)CC(OC2CC(N(C)C)C(O)C(C)O2)c2c(cc3c(c2O)C(=O)c2c(O)cccc2C3=O)C1C(=O)OC. The zero-order valence-electron chi connectivity index (χ0n) is 23.6. The Morgan fingerprint density at radius 1 is 1.15 bits per heavy atom. The Morgan fingerprint density at radius 3 is 2.49 bits per heavy atom. The fourth-order valence-electron chi connectivity index (χ4n) is 6.50. The van der Waals surface area contributed by atoms with Gasteiger partial charge in [-0.3, -0.25) is 14.4 Å². The Balaban J connectivity index is 1.69. The zero-order valence-corrected chi connectivity index (χ0v) is 23.6. The lowest BCUT2D eigenvalue weighted by atomic mass is 9.67. The maximum absolute atomic E-state index is 13.6. The van der Waals surface area contributed by atoms with E-state index >= 15 is 0 Å². The molecule has 2 aliphatic carbocycles. The van der Waals surface area contributed by atoms with E-state index in [2.05, 4.69) is 0 Å². The first-order chi connectivity index (χ1) is 19.3. The lowest BCUT2D eigenvalue weighted by molar-refractivity contribution is -0.258. The van der Waals surface area contributed by atoms with E-state index in [9.17, 15) is 34.8 Å². The summed E-state index contributed by atoms with van der Waals surface area (Å²) in [5, 5.41) is 44.5. The number of ether oxygens (including phenoxy) is 3. The third-order valence-electron chi connectivity index (χ3n) is 8.77. The number of nitrogens with zero attached hydrogens (tertiary/aromatic N) is 1. The van der Waals surface area contributed by atoms with Crippen LogP contribution in [0.4, 0.5) is 0 Å². The lowest BCUT2D eigenvalue weighted by Crippen LogP contribution is -2.54. The minimum Gasteiger partial charge on any atom is -0.507 e. The topological polar surface area (TPSA) is 163 Å². The Bertz CT molecular complexity index is 1420. The number of phenolic OH excluding ortho intramolecular Hbond substituents is 2. The van der Waals surface area contributed by atoms with Gasteiger partial charge in [-0.25, -0.2) is 0 Å². The van der Waals surface area contributed by atoms with E-state index in [0.717, 1.165) is 0 Å². The first-order valence-corrected chi connectivity index (χ1v) is 13.6. The number of aliphatic hydroxyl groups excluding tert-OH is 1. The molecule has 5 rings (SSSR count). The molecule has 4 N–H and O–H groups in total. The molecule has 0 spiro atoms. The molecular formula is C30H35NO10. The number of hydrogen-bond donors (Lipinski definition) is 4. The van der Waals surface area contributed by atoms with Crippen LogP contribution in [-0.2, 0) is 19.0 Å². The number of aliphatic hydroxyl groups is 2. The van der Waals surface area contributed by atoms with E-state index in [1.54, 1.807) is 13.8 Å². The van der Waals surface area contributed by atoms with Gasteiger partial charge >= 0.3 is 5.97 Å². The van der Waals surface area contributed by atoms with Crippen LogP contribution in [0.3, 0.4) is 0 Å². The van der Waals surface area contributed by atoms with Gasteiger partial charge in [0.2, 0.25) is 5.78 Å². The molecule has 7 atom stereocenters. The van der Waals surface area contributed by atoms with Crippen LogP contribution in [0.25, 0.3) is 0 Å². The number of esters is 1. The van der Waals surface area contributed by atoms with Crippen LogP contribution in [0.2, 0.25) is 0 Å². The molecule has 1 saturated heterocycles. The fourth-order valence-corrected chi connectivity index (χ4v) is 6.50. The molecule has 3 aliphatic rings. The third-order valence-corrected chi connectivity index (χ3v) is 8.77. The monoisotopic (exact) mass is 569 g/mol. The van der Waals surface area contributed by atoms with E-state index in [-0.39, 0.29) is 58.7 Å². The molecule has 0 radical (unpaired) electrons. The molecule has 0 amide bonds. The summed E-state index contributed by atoms with van der Waals surface area (Å²) in [5.74, 6) is -4.42. The van der Waals surface area contributed by atoms with Gasteiger partial charge < -0.3 is 39.5 Å². The molecule has 6 unspecified atom stereocenters. The first kappa shape index (κ1) is 29.2. The second-order valence-electron chi connectivity index (χ2n) is 11.3.